The second-order valence-electron chi connectivity index (χ2n) is 10.4. The summed E-state index contributed by atoms with van der Waals surface area (Å²) < 4.78 is 15.3. The molecule has 11 nitrogen and oxygen atoms in total. The van der Waals surface area contributed by atoms with Gasteiger partial charge in [0.25, 0.3) is 11.8 Å². The highest BCUT2D eigenvalue weighted by atomic mass is 127. The minimum absolute atomic E-state index is 0. The molecular formula is C29H30IN5O6. The summed E-state index contributed by atoms with van der Waals surface area (Å²) in [4.78, 5) is 48.9. The van der Waals surface area contributed by atoms with Gasteiger partial charge in [0.1, 0.15) is 23.8 Å². The molecule has 1 atom stereocenters. The van der Waals surface area contributed by atoms with Gasteiger partial charge in [-0.15, -0.1) is 14.4 Å². The molecule has 4 aromatic rings. The molecule has 0 fully saturated rings. The summed E-state index contributed by atoms with van der Waals surface area (Å²) in [5.41, 5.74) is 0.320. The number of imide groups is 1. The zero-order valence-electron chi connectivity index (χ0n) is 23.3. The number of fused-ring (bicyclic) bond motifs is 2. The molecule has 3 heterocycles. The molecule has 0 bridgehead atoms. The molecule has 1 aliphatic rings. The molecular weight excluding hydrogens is 641 g/mol. The molecule has 2 aromatic heterocycles. The molecule has 1 unspecified atom stereocenters. The first-order valence-electron chi connectivity index (χ1n) is 12.7. The zero-order chi connectivity index (χ0) is 28.6. The number of aromatic nitrogens is 3. The van der Waals surface area contributed by atoms with Crippen LogP contribution < -0.4 is 38.7 Å². The number of aryl methyl sites for hydroxylation is 1. The first-order valence-corrected chi connectivity index (χ1v) is 12.7. The predicted octanol–water partition coefficient (Wildman–Crippen LogP) is 0.462. The van der Waals surface area contributed by atoms with E-state index in [1.165, 1.54) is 12.1 Å². The highest BCUT2D eigenvalue weighted by molar-refractivity contribution is 6.20. The summed E-state index contributed by atoms with van der Waals surface area (Å²) in [7, 11) is 3.88. The molecule has 2 aromatic carbocycles. The zero-order valence-corrected chi connectivity index (χ0v) is 25.4. The Morgan fingerprint density at radius 2 is 1.71 bits per heavy atom. The topological polar surface area (TPSA) is 116 Å². The normalized spacial score (nSPS) is 13.5. The van der Waals surface area contributed by atoms with Crippen molar-refractivity contribution in [2.45, 2.75) is 32.5 Å². The number of carbonyl (C=O) groups is 3. The summed E-state index contributed by atoms with van der Waals surface area (Å²) in [6, 6.07) is 17.4. The molecule has 1 N–H and O–H groups in total. The van der Waals surface area contributed by atoms with Crippen molar-refractivity contribution >= 4 is 40.3 Å². The minimum Gasteiger partial charge on any atom is -1.00 e. The van der Waals surface area contributed by atoms with E-state index in [0.717, 1.165) is 16.7 Å². The van der Waals surface area contributed by atoms with Crippen molar-refractivity contribution in [2.24, 2.45) is 14.1 Å². The van der Waals surface area contributed by atoms with E-state index in [1.807, 2.05) is 47.9 Å². The van der Waals surface area contributed by atoms with E-state index in [9.17, 15) is 14.4 Å². The number of pyridine rings is 1. The van der Waals surface area contributed by atoms with E-state index in [-0.39, 0.29) is 41.7 Å². The van der Waals surface area contributed by atoms with Crippen molar-refractivity contribution in [3.05, 3.63) is 78.0 Å². The van der Waals surface area contributed by atoms with Crippen LogP contribution in [-0.4, -0.2) is 50.8 Å². The number of anilines is 2. The van der Waals surface area contributed by atoms with Crippen LogP contribution >= 0.6 is 0 Å². The average molecular weight is 671 g/mol. The molecule has 5 rings (SSSR count). The molecule has 1 aliphatic heterocycles. The minimum atomic E-state index is -1.38. The van der Waals surface area contributed by atoms with Gasteiger partial charge in [0.2, 0.25) is 6.10 Å². The van der Waals surface area contributed by atoms with Crippen molar-refractivity contribution in [1.29, 1.82) is 0 Å². The Balaban J connectivity index is 0.00000387. The van der Waals surface area contributed by atoms with Crippen molar-refractivity contribution in [3.8, 4) is 5.75 Å². The molecule has 0 spiro atoms. The molecule has 0 saturated carbocycles. The smallest absolute Gasteiger partial charge is 0.342 e. The number of nitrogens with zero attached hydrogens (tertiary/aromatic N) is 4. The lowest BCUT2D eigenvalue weighted by molar-refractivity contribution is -0.750. The lowest BCUT2D eigenvalue weighted by atomic mass is 10.1. The number of nitrogens with one attached hydrogen (secondary N) is 1. The van der Waals surface area contributed by atoms with Crippen LogP contribution in [-0.2, 0) is 28.5 Å². The number of benzene rings is 2. The fraction of sp³-hybridized carbons (Fsp3) is 0.276. The maximum Gasteiger partial charge on any atom is 0.342 e. The van der Waals surface area contributed by atoms with Crippen LogP contribution in [0.25, 0.3) is 10.9 Å². The maximum atomic E-state index is 13.0. The van der Waals surface area contributed by atoms with Crippen LogP contribution in [0.5, 0.6) is 5.75 Å². The van der Waals surface area contributed by atoms with Gasteiger partial charge in [-0.1, -0.05) is 12.1 Å². The van der Waals surface area contributed by atoms with Gasteiger partial charge in [0.05, 0.1) is 29.8 Å². The molecule has 41 heavy (non-hydrogen) atoms. The number of ether oxygens (including phenoxy) is 2. The van der Waals surface area contributed by atoms with Crippen LogP contribution in [0, 0.1) is 0 Å². The Kier molecular flexibility index (Phi) is 8.63. The van der Waals surface area contributed by atoms with Gasteiger partial charge in [0.15, 0.2) is 19.1 Å². The van der Waals surface area contributed by atoms with Gasteiger partial charge in [-0.3, -0.25) is 9.59 Å². The lowest BCUT2D eigenvalue weighted by Crippen LogP contribution is -3.00. The Morgan fingerprint density at radius 1 is 1.02 bits per heavy atom. The fourth-order valence-electron chi connectivity index (χ4n) is 4.14. The average Bonchev–Trinajstić information content (AvgIpc) is 3.35. The van der Waals surface area contributed by atoms with E-state index in [1.54, 1.807) is 51.1 Å². The third kappa shape index (κ3) is 6.49. The quantitative estimate of drug-likeness (QED) is 0.125. The molecule has 2 amide bonds. The number of esters is 1. The van der Waals surface area contributed by atoms with Gasteiger partial charge in [0, 0.05) is 5.39 Å². The number of amides is 2. The summed E-state index contributed by atoms with van der Waals surface area (Å²) >= 11 is 0. The van der Waals surface area contributed by atoms with Crippen molar-refractivity contribution in [3.63, 3.8) is 0 Å². The number of hydrogen-bond acceptors (Lipinski definition) is 8. The predicted molar refractivity (Wildman–Crippen MR) is 145 cm³/mol. The number of halogens is 1. The lowest BCUT2D eigenvalue weighted by Gasteiger charge is -2.26. The third-order valence-corrected chi connectivity index (χ3v) is 6.25. The Bertz CT molecular complexity index is 1590. The SMILES string of the molecule is Cn1c(Nc2ccc3cc(OCC(ON4C(=O)c5ccccc5C4=O)C(=O)OC(C)(C)C)ccc3n2)cc[n+]1C.[I-]. The van der Waals surface area contributed by atoms with Gasteiger partial charge in [-0.2, -0.15) is 0 Å². The second-order valence-corrected chi connectivity index (χ2v) is 10.4. The number of hydroxylamine groups is 2. The summed E-state index contributed by atoms with van der Waals surface area (Å²) in [6.07, 6.45) is 0.559. The monoisotopic (exact) mass is 671 g/mol. The largest absolute Gasteiger partial charge is 1.00 e. The van der Waals surface area contributed by atoms with E-state index in [4.69, 9.17) is 14.3 Å². The third-order valence-electron chi connectivity index (χ3n) is 6.25. The second kappa shape index (κ2) is 11.8. The van der Waals surface area contributed by atoms with Crippen LogP contribution in [0.2, 0.25) is 0 Å². The van der Waals surface area contributed by atoms with Gasteiger partial charge in [-0.25, -0.2) is 14.6 Å². The van der Waals surface area contributed by atoms with Crippen molar-refractivity contribution < 1.29 is 57.4 Å². The Morgan fingerprint density at radius 3 is 2.32 bits per heavy atom. The van der Waals surface area contributed by atoms with Gasteiger partial charge in [-0.05, 0) is 63.2 Å². The van der Waals surface area contributed by atoms with Crippen LogP contribution in [0.4, 0.5) is 11.6 Å². The molecule has 0 radical (unpaired) electrons. The summed E-state index contributed by atoms with van der Waals surface area (Å²) in [5.74, 6) is -0.0537. The first kappa shape index (κ1) is 29.9. The standard InChI is InChI=1S/C29H29N5O6.HI/c1-29(2,3)39-28(37)23(40-34-26(35)20-8-6-7-9-21(20)27(34)36)17-38-19-11-12-22-18(16-19)10-13-24(30-22)31-25-14-15-32(4)33(25)5;/h6-16,23H,17H2,1-5H3;1H. The van der Waals surface area contributed by atoms with E-state index in [0.29, 0.717) is 16.6 Å². The van der Waals surface area contributed by atoms with Gasteiger partial charge < -0.3 is 38.8 Å². The molecule has 0 saturated heterocycles. The van der Waals surface area contributed by atoms with Crippen molar-refractivity contribution in [2.75, 3.05) is 11.9 Å². The van der Waals surface area contributed by atoms with Crippen LogP contribution in [0.3, 0.4) is 0 Å². The maximum absolute atomic E-state index is 13.0. The van der Waals surface area contributed by atoms with Crippen LogP contribution in [0.1, 0.15) is 41.5 Å². The van der Waals surface area contributed by atoms with E-state index >= 15 is 0 Å². The van der Waals surface area contributed by atoms with Crippen molar-refractivity contribution in [1.82, 2.24) is 14.7 Å². The highest BCUT2D eigenvalue weighted by Gasteiger charge is 2.40. The Hall–Kier alpha value is -4.04. The molecule has 0 aliphatic carbocycles. The summed E-state index contributed by atoms with van der Waals surface area (Å²) in [5, 5.41) is 4.70. The van der Waals surface area contributed by atoms with Crippen LogP contribution in [0.15, 0.2) is 66.9 Å². The fourth-order valence-corrected chi connectivity index (χ4v) is 4.14. The number of hydrogen-bond donors (Lipinski definition) is 1. The number of carbonyl (C=O) groups excluding carboxylic acids is 3. The Labute approximate surface area is 254 Å². The molecule has 214 valence electrons. The number of rotatable bonds is 8. The van der Waals surface area contributed by atoms with E-state index in [2.05, 4.69) is 10.3 Å². The highest BCUT2D eigenvalue weighted by Crippen LogP contribution is 2.26. The summed E-state index contributed by atoms with van der Waals surface area (Å²) in [6.45, 7) is 4.83. The van der Waals surface area contributed by atoms with Gasteiger partial charge >= 0.3 is 5.97 Å². The molecule has 12 heteroatoms. The first-order chi connectivity index (χ1) is 19.0. The van der Waals surface area contributed by atoms with E-state index < -0.39 is 29.5 Å².